The smallest absolute Gasteiger partial charge is 0.326 e. The number of hydrogen-bond acceptors (Lipinski definition) is 5. The van der Waals surface area contributed by atoms with Gasteiger partial charge in [0.05, 0.1) is 6.61 Å². The Labute approximate surface area is 219 Å². The molecular weight excluding hydrogens is 501 g/mol. The molecule has 1 aromatic heterocycles. The van der Waals surface area contributed by atoms with Crippen LogP contribution in [0.2, 0.25) is 10.0 Å². The van der Waals surface area contributed by atoms with Gasteiger partial charge in [0.2, 0.25) is 0 Å². The van der Waals surface area contributed by atoms with Crippen molar-refractivity contribution in [2.75, 3.05) is 18.5 Å². The molecule has 188 valence electrons. The topological polar surface area (TPSA) is 101 Å². The van der Waals surface area contributed by atoms with Gasteiger partial charge in [0, 0.05) is 34.3 Å². The summed E-state index contributed by atoms with van der Waals surface area (Å²) in [5, 5.41) is 16.1. The maximum atomic E-state index is 12.5. The van der Waals surface area contributed by atoms with E-state index in [2.05, 4.69) is 22.8 Å². The summed E-state index contributed by atoms with van der Waals surface area (Å²) in [4.78, 5) is 29.0. The van der Waals surface area contributed by atoms with Crippen molar-refractivity contribution in [1.82, 2.24) is 10.3 Å². The van der Waals surface area contributed by atoms with E-state index in [4.69, 9.17) is 32.9 Å². The number of halogens is 2. The number of carbonyl (C=O) groups excluding carboxylic acids is 1. The highest BCUT2D eigenvalue weighted by molar-refractivity contribution is 6.35. The average molecular weight is 528 g/mol. The number of rotatable bonds is 10. The number of aryl methyl sites for hydroxylation is 2. The van der Waals surface area contributed by atoms with Crippen LogP contribution < -0.4 is 15.4 Å². The van der Waals surface area contributed by atoms with Crippen molar-refractivity contribution in [3.05, 3.63) is 87.0 Å². The fourth-order valence-electron chi connectivity index (χ4n) is 4.04. The molecule has 0 aliphatic carbocycles. The minimum absolute atomic E-state index is 0.119. The van der Waals surface area contributed by atoms with Crippen LogP contribution in [0.25, 0.3) is 0 Å². The summed E-state index contributed by atoms with van der Waals surface area (Å²) in [6, 6.07) is 14.7. The van der Waals surface area contributed by atoms with Crippen molar-refractivity contribution in [3.63, 3.8) is 0 Å². The Bertz CT molecular complexity index is 1210. The van der Waals surface area contributed by atoms with Crippen molar-refractivity contribution in [2.24, 2.45) is 0 Å². The molecule has 3 aromatic rings. The van der Waals surface area contributed by atoms with Crippen LogP contribution >= 0.6 is 23.2 Å². The molecule has 2 aromatic carbocycles. The Morgan fingerprint density at radius 3 is 2.56 bits per heavy atom. The summed E-state index contributed by atoms with van der Waals surface area (Å²) in [5.74, 6) is 0.00418. The van der Waals surface area contributed by atoms with E-state index in [0.29, 0.717) is 22.4 Å². The first-order valence-corrected chi connectivity index (χ1v) is 12.6. The highest BCUT2D eigenvalue weighted by Crippen LogP contribution is 2.21. The highest BCUT2D eigenvalue weighted by Gasteiger charge is 2.21. The van der Waals surface area contributed by atoms with Crippen LogP contribution in [0.4, 0.5) is 5.82 Å². The number of carboxylic acids is 1. The number of nitrogens with zero attached hydrogens (tertiary/aromatic N) is 1. The van der Waals surface area contributed by atoms with Crippen molar-refractivity contribution in [2.45, 2.75) is 38.1 Å². The summed E-state index contributed by atoms with van der Waals surface area (Å²) in [7, 11) is 0. The van der Waals surface area contributed by atoms with Crippen molar-refractivity contribution in [3.8, 4) is 5.75 Å². The van der Waals surface area contributed by atoms with E-state index in [1.807, 2.05) is 0 Å². The lowest BCUT2D eigenvalue weighted by molar-refractivity contribution is -0.139. The summed E-state index contributed by atoms with van der Waals surface area (Å²) >= 11 is 11.9. The van der Waals surface area contributed by atoms with Crippen LogP contribution in [0.3, 0.4) is 0 Å². The second kappa shape index (κ2) is 12.1. The summed E-state index contributed by atoms with van der Waals surface area (Å²) in [6.45, 7) is 1.51. The SMILES string of the molecule is O=C(NC(Cc1ccc(OCCCc2ccc3c(n2)NCCC3)cc1)C(=O)O)c1cc(Cl)cc(Cl)c1. The number of aliphatic carboxylic acids is 1. The standard InChI is InChI=1S/C27H27Cl2N3O4/c28-20-14-19(15-21(29)16-20)26(33)32-24(27(34)35)13-17-5-9-23(10-6-17)36-12-2-4-22-8-7-18-3-1-11-30-25(18)31-22/h5-10,14-16,24H,1-4,11-13H2,(H,30,31)(H,32,33)(H,34,35). The minimum atomic E-state index is -1.14. The molecule has 3 N–H and O–H groups in total. The van der Waals surface area contributed by atoms with E-state index in [9.17, 15) is 14.7 Å². The second-order valence-corrected chi connectivity index (χ2v) is 9.54. The number of carbonyl (C=O) groups is 2. The number of amides is 1. The van der Waals surface area contributed by atoms with E-state index >= 15 is 0 Å². The molecule has 9 heteroatoms. The number of ether oxygens (including phenoxy) is 1. The Kier molecular flexibility index (Phi) is 8.67. The number of pyridine rings is 1. The van der Waals surface area contributed by atoms with Crippen molar-refractivity contribution < 1.29 is 19.4 Å². The van der Waals surface area contributed by atoms with Crippen molar-refractivity contribution in [1.29, 1.82) is 0 Å². The number of carboxylic acid groups (broad SMARTS) is 1. The molecule has 0 fully saturated rings. The molecule has 1 aliphatic rings. The molecule has 7 nitrogen and oxygen atoms in total. The summed E-state index contributed by atoms with van der Waals surface area (Å²) in [5.41, 5.74) is 3.28. The molecule has 36 heavy (non-hydrogen) atoms. The van der Waals surface area contributed by atoms with Crippen LogP contribution in [-0.2, 0) is 24.1 Å². The Hall–Kier alpha value is -3.29. The molecular formula is C27H27Cl2N3O4. The number of aromatic nitrogens is 1. The van der Waals surface area contributed by atoms with Gasteiger partial charge >= 0.3 is 5.97 Å². The maximum Gasteiger partial charge on any atom is 0.326 e. The second-order valence-electron chi connectivity index (χ2n) is 8.66. The minimum Gasteiger partial charge on any atom is -0.494 e. The lowest BCUT2D eigenvalue weighted by atomic mass is 10.1. The molecule has 0 saturated heterocycles. The van der Waals surface area contributed by atoms with E-state index in [0.717, 1.165) is 49.3 Å². The zero-order valence-electron chi connectivity index (χ0n) is 19.6. The van der Waals surface area contributed by atoms with E-state index in [1.54, 1.807) is 24.3 Å². The van der Waals surface area contributed by atoms with Crippen LogP contribution in [0.15, 0.2) is 54.6 Å². The summed E-state index contributed by atoms with van der Waals surface area (Å²) < 4.78 is 5.84. The molecule has 0 saturated carbocycles. The number of benzene rings is 2. The molecule has 0 spiro atoms. The van der Waals surface area contributed by atoms with E-state index < -0.39 is 17.9 Å². The Morgan fingerprint density at radius 2 is 1.83 bits per heavy atom. The molecule has 1 amide bonds. The molecule has 1 atom stereocenters. The van der Waals surface area contributed by atoms with Gasteiger partial charge in [0.15, 0.2) is 0 Å². The normalized spacial score (nSPS) is 13.3. The third-order valence-corrected chi connectivity index (χ3v) is 6.33. The number of nitrogens with one attached hydrogen (secondary N) is 2. The molecule has 4 rings (SSSR count). The van der Waals surface area contributed by atoms with Crippen molar-refractivity contribution >= 4 is 40.9 Å². The van der Waals surface area contributed by atoms with Gasteiger partial charge in [-0.15, -0.1) is 0 Å². The first-order chi connectivity index (χ1) is 17.4. The lowest BCUT2D eigenvalue weighted by Crippen LogP contribution is -2.42. The third-order valence-electron chi connectivity index (χ3n) is 5.89. The van der Waals surface area contributed by atoms with Gasteiger partial charge in [-0.2, -0.15) is 0 Å². The van der Waals surface area contributed by atoms with Gasteiger partial charge in [-0.25, -0.2) is 9.78 Å². The Balaban J connectivity index is 1.26. The average Bonchev–Trinajstić information content (AvgIpc) is 2.86. The van der Waals surface area contributed by atoms with Gasteiger partial charge in [0.1, 0.15) is 17.6 Å². The van der Waals surface area contributed by atoms with Gasteiger partial charge in [-0.3, -0.25) is 4.79 Å². The highest BCUT2D eigenvalue weighted by atomic mass is 35.5. The predicted molar refractivity (Wildman–Crippen MR) is 140 cm³/mol. The van der Waals surface area contributed by atoms with Crippen LogP contribution in [-0.4, -0.2) is 41.2 Å². The third kappa shape index (κ3) is 7.12. The lowest BCUT2D eigenvalue weighted by Gasteiger charge is -2.17. The van der Waals surface area contributed by atoms with Gasteiger partial charge in [0.25, 0.3) is 5.91 Å². The quantitative estimate of drug-likeness (QED) is 0.314. The fourth-order valence-corrected chi connectivity index (χ4v) is 4.56. The molecule has 1 unspecified atom stereocenters. The number of fused-ring (bicyclic) bond motifs is 1. The maximum absolute atomic E-state index is 12.5. The van der Waals surface area contributed by atoms with Gasteiger partial charge in [-0.05, 0) is 73.2 Å². The van der Waals surface area contributed by atoms with Crippen LogP contribution in [0, 0.1) is 0 Å². The zero-order valence-corrected chi connectivity index (χ0v) is 21.1. The Morgan fingerprint density at radius 1 is 1.08 bits per heavy atom. The summed E-state index contributed by atoms with van der Waals surface area (Å²) in [6.07, 6.45) is 3.99. The van der Waals surface area contributed by atoms with Crippen LogP contribution in [0.5, 0.6) is 5.75 Å². The number of anilines is 1. The largest absolute Gasteiger partial charge is 0.494 e. The molecule has 0 bridgehead atoms. The monoisotopic (exact) mass is 527 g/mol. The predicted octanol–water partition coefficient (Wildman–Crippen LogP) is 5.18. The molecule has 2 heterocycles. The number of hydrogen-bond donors (Lipinski definition) is 3. The fraction of sp³-hybridized carbons (Fsp3) is 0.296. The zero-order chi connectivity index (χ0) is 25.5. The van der Waals surface area contributed by atoms with Gasteiger partial charge < -0.3 is 20.5 Å². The van der Waals surface area contributed by atoms with E-state index in [-0.39, 0.29) is 12.0 Å². The van der Waals surface area contributed by atoms with Gasteiger partial charge in [-0.1, -0.05) is 41.4 Å². The molecule has 1 aliphatic heterocycles. The van der Waals surface area contributed by atoms with Crippen LogP contribution in [0.1, 0.15) is 40.0 Å². The first-order valence-electron chi connectivity index (χ1n) is 11.8. The molecule has 0 radical (unpaired) electrons. The first kappa shape index (κ1) is 25.8. The van der Waals surface area contributed by atoms with E-state index in [1.165, 1.54) is 23.8 Å².